The molecular formula is C16H25N3O10S2. The van der Waals surface area contributed by atoms with Gasteiger partial charge in [-0.05, 0) is 6.92 Å². The summed E-state index contributed by atoms with van der Waals surface area (Å²) >= 11 is 0. The van der Waals surface area contributed by atoms with Gasteiger partial charge in [-0.2, -0.15) is 5.06 Å². The Labute approximate surface area is 178 Å². The summed E-state index contributed by atoms with van der Waals surface area (Å²) in [5, 5.41) is 21.7. The molecule has 2 fully saturated rings. The van der Waals surface area contributed by atoms with Crippen molar-refractivity contribution in [2.45, 2.75) is 42.8 Å². The first-order chi connectivity index (χ1) is 14.2. The Kier molecular flexibility index (Phi) is 6.25. The molecule has 0 amide bonds. The zero-order valence-corrected chi connectivity index (χ0v) is 18.7. The summed E-state index contributed by atoms with van der Waals surface area (Å²) in [5.41, 5.74) is -4.58. The van der Waals surface area contributed by atoms with Gasteiger partial charge in [0.15, 0.2) is 21.5 Å². The zero-order chi connectivity index (χ0) is 23.4. The summed E-state index contributed by atoms with van der Waals surface area (Å²) in [6.45, 7) is 0.430. The van der Waals surface area contributed by atoms with Crippen molar-refractivity contribution >= 4 is 19.7 Å². The molecule has 31 heavy (non-hydrogen) atoms. The number of rotatable bonds is 6. The molecule has 0 bridgehead atoms. The molecule has 0 aromatic carbocycles. The van der Waals surface area contributed by atoms with Crippen molar-refractivity contribution in [3.63, 3.8) is 0 Å². The van der Waals surface area contributed by atoms with Crippen LogP contribution < -0.4 is 11.2 Å². The molecule has 15 heteroatoms. The Morgan fingerprint density at radius 3 is 2.45 bits per heavy atom. The summed E-state index contributed by atoms with van der Waals surface area (Å²) in [5.74, 6) is -0.436. The number of nitrogens with one attached hydrogen (secondary N) is 1. The Morgan fingerprint density at radius 1 is 1.26 bits per heavy atom. The lowest BCUT2D eigenvalue weighted by Gasteiger charge is -2.38. The zero-order valence-electron chi connectivity index (χ0n) is 17.1. The van der Waals surface area contributed by atoms with Crippen LogP contribution in [0.2, 0.25) is 0 Å². The first-order valence-electron chi connectivity index (χ1n) is 9.28. The second kappa shape index (κ2) is 8.06. The van der Waals surface area contributed by atoms with Gasteiger partial charge >= 0.3 is 5.69 Å². The maximum Gasteiger partial charge on any atom is 0.330 e. The average Bonchev–Trinajstić information content (AvgIpc) is 3.16. The second-order valence-electron chi connectivity index (χ2n) is 7.92. The van der Waals surface area contributed by atoms with Crippen LogP contribution in [0.3, 0.4) is 0 Å². The van der Waals surface area contributed by atoms with E-state index in [0.717, 1.165) is 22.1 Å². The first-order valence-corrected chi connectivity index (χ1v) is 13.3. The van der Waals surface area contributed by atoms with Crippen LogP contribution in [0.1, 0.15) is 18.2 Å². The van der Waals surface area contributed by atoms with Crippen LogP contribution in [0.4, 0.5) is 0 Å². The first kappa shape index (κ1) is 24.0. The number of nitrogens with zero attached hydrogens (tertiary/aromatic N) is 2. The third kappa shape index (κ3) is 4.35. The van der Waals surface area contributed by atoms with E-state index in [1.54, 1.807) is 0 Å². The molecule has 3 N–H and O–H groups in total. The minimum Gasteiger partial charge on any atom is -0.394 e. The fraction of sp³-hybridized carbons (Fsp3) is 0.750. The highest BCUT2D eigenvalue weighted by molar-refractivity contribution is 7.91. The smallest absolute Gasteiger partial charge is 0.330 e. The lowest BCUT2D eigenvalue weighted by Crippen LogP contribution is -2.58. The molecule has 176 valence electrons. The summed E-state index contributed by atoms with van der Waals surface area (Å²) in [6, 6.07) is 0. The average molecular weight is 484 g/mol. The largest absolute Gasteiger partial charge is 0.394 e. The SMILES string of the molecule is Cc1cn([C@@H]2O[C@H](CO)[C@@H](O)[C@@]23C[C@H](S(C)(=O)=O)ON3CCS(C)(=O)=O)c(=O)[nH]c1=O. The van der Waals surface area contributed by atoms with Crippen LogP contribution in [-0.2, 0) is 29.2 Å². The van der Waals surface area contributed by atoms with E-state index in [2.05, 4.69) is 4.98 Å². The van der Waals surface area contributed by atoms with Gasteiger partial charge in [0.05, 0.1) is 12.4 Å². The van der Waals surface area contributed by atoms with E-state index in [4.69, 9.17) is 9.57 Å². The Hall–Kier alpha value is -1.62. The summed E-state index contributed by atoms with van der Waals surface area (Å²) < 4.78 is 54.6. The molecule has 1 aromatic heterocycles. The van der Waals surface area contributed by atoms with Crippen LogP contribution in [0.5, 0.6) is 0 Å². The van der Waals surface area contributed by atoms with E-state index in [-0.39, 0.29) is 18.5 Å². The topological polar surface area (TPSA) is 185 Å². The van der Waals surface area contributed by atoms with Crippen molar-refractivity contribution in [1.82, 2.24) is 14.6 Å². The predicted molar refractivity (Wildman–Crippen MR) is 107 cm³/mol. The molecule has 0 radical (unpaired) electrons. The molecule has 3 heterocycles. The number of aryl methyl sites for hydroxylation is 1. The van der Waals surface area contributed by atoms with Crippen LogP contribution in [0.25, 0.3) is 0 Å². The minimum atomic E-state index is -3.82. The van der Waals surface area contributed by atoms with Crippen molar-refractivity contribution in [2.24, 2.45) is 0 Å². The van der Waals surface area contributed by atoms with E-state index in [0.29, 0.717) is 0 Å². The number of hydrogen-bond acceptors (Lipinski definition) is 11. The summed E-state index contributed by atoms with van der Waals surface area (Å²) in [6.07, 6.45) is -1.46. The number of aromatic nitrogens is 2. The number of sulfone groups is 2. The fourth-order valence-electron chi connectivity index (χ4n) is 3.91. The molecule has 0 unspecified atom stereocenters. The maximum atomic E-state index is 12.5. The van der Waals surface area contributed by atoms with Crippen LogP contribution in [0.15, 0.2) is 15.8 Å². The quantitative estimate of drug-likeness (QED) is 0.372. The van der Waals surface area contributed by atoms with Gasteiger partial charge in [-0.15, -0.1) is 0 Å². The van der Waals surface area contributed by atoms with E-state index in [9.17, 15) is 36.6 Å². The standard InChI is InChI=1S/C16H25N3O10S2/c1-9-7-18(15(23)17-13(9)22)14-16(12(21)10(8-20)28-14)6-11(31(3,26)27)29-19(16)4-5-30(2,24)25/h7,10-12,14,20-21H,4-6,8H2,1-3H3,(H,17,22,23)/t10-,11+,12-,14-,16+/m1/s1. The number of aliphatic hydroxyl groups is 2. The highest BCUT2D eigenvalue weighted by Gasteiger charge is 2.66. The Balaban J connectivity index is 2.19. The minimum absolute atomic E-state index is 0.140. The molecule has 2 aliphatic rings. The molecule has 1 aromatic rings. The molecule has 13 nitrogen and oxygen atoms in total. The van der Waals surface area contributed by atoms with Gasteiger partial charge in [0.2, 0.25) is 0 Å². The molecular weight excluding hydrogens is 458 g/mol. The van der Waals surface area contributed by atoms with Crippen LogP contribution >= 0.6 is 0 Å². The summed E-state index contributed by atoms with van der Waals surface area (Å²) in [7, 11) is -7.33. The maximum absolute atomic E-state index is 12.5. The van der Waals surface area contributed by atoms with Crippen LogP contribution in [0, 0.1) is 6.92 Å². The molecule has 2 aliphatic heterocycles. The van der Waals surface area contributed by atoms with Crippen molar-refractivity contribution in [3.8, 4) is 0 Å². The van der Waals surface area contributed by atoms with Crippen LogP contribution in [-0.4, -0.2) is 96.3 Å². The normalized spacial score (nSPS) is 32.2. The van der Waals surface area contributed by atoms with Crippen molar-refractivity contribution in [2.75, 3.05) is 31.4 Å². The van der Waals surface area contributed by atoms with Gasteiger partial charge in [0.1, 0.15) is 27.6 Å². The number of aliphatic hydroxyl groups excluding tert-OH is 2. The van der Waals surface area contributed by atoms with Gasteiger partial charge in [0, 0.05) is 37.2 Å². The number of hydroxylamine groups is 2. The van der Waals surface area contributed by atoms with Gasteiger partial charge in [0.25, 0.3) is 5.56 Å². The molecule has 5 atom stereocenters. The highest BCUT2D eigenvalue weighted by atomic mass is 32.2. The number of hydrogen-bond donors (Lipinski definition) is 3. The lowest BCUT2D eigenvalue weighted by atomic mass is 9.86. The third-order valence-corrected chi connectivity index (χ3v) is 7.65. The van der Waals surface area contributed by atoms with E-state index in [1.807, 2.05) is 0 Å². The molecule has 0 aliphatic carbocycles. The molecule has 0 saturated carbocycles. The van der Waals surface area contributed by atoms with Crippen molar-refractivity contribution in [1.29, 1.82) is 0 Å². The Bertz CT molecular complexity index is 1170. The molecule has 1 spiro atoms. The van der Waals surface area contributed by atoms with Crippen molar-refractivity contribution in [3.05, 3.63) is 32.6 Å². The molecule has 2 saturated heterocycles. The molecule has 3 rings (SSSR count). The number of H-pyrrole nitrogens is 1. The highest BCUT2D eigenvalue weighted by Crippen LogP contribution is 2.50. The summed E-state index contributed by atoms with van der Waals surface area (Å²) in [4.78, 5) is 32.0. The van der Waals surface area contributed by atoms with Gasteiger partial charge in [-0.25, -0.2) is 21.6 Å². The van der Waals surface area contributed by atoms with E-state index < -0.39 is 72.7 Å². The second-order valence-corrected chi connectivity index (χ2v) is 12.4. The third-order valence-electron chi connectivity index (χ3n) is 5.52. The predicted octanol–water partition coefficient (Wildman–Crippen LogP) is -3.11. The van der Waals surface area contributed by atoms with Gasteiger partial charge in [-0.3, -0.25) is 19.2 Å². The number of ether oxygens (including phenoxy) is 1. The van der Waals surface area contributed by atoms with Gasteiger partial charge < -0.3 is 14.9 Å². The van der Waals surface area contributed by atoms with E-state index >= 15 is 0 Å². The fourth-order valence-corrected chi connectivity index (χ4v) is 5.24. The lowest BCUT2D eigenvalue weighted by molar-refractivity contribution is -0.205. The van der Waals surface area contributed by atoms with E-state index in [1.165, 1.54) is 13.1 Å². The van der Waals surface area contributed by atoms with Crippen molar-refractivity contribution < 1.29 is 36.6 Å². The Morgan fingerprint density at radius 2 is 1.90 bits per heavy atom. The monoisotopic (exact) mass is 483 g/mol. The van der Waals surface area contributed by atoms with Gasteiger partial charge in [-0.1, -0.05) is 0 Å². The number of aromatic amines is 1.